The van der Waals surface area contributed by atoms with Gasteiger partial charge in [-0.2, -0.15) is 0 Å². The van der Waals surface area contributed by atoms with Crippen molar-refractivity contribution in [2.75, 3.05) is 26.3 Å². The molecular formula is C29H45BrN2O6. The van der Waals surface area contributed by atoms with Gasteiger partial charge in [0.2, 0.25) is 11.8 Å². The van der Waals surface area contributed by atoms with E-state index in [1.165, 1.54) is 0 Å². The number of esters is 1. The molecule has 1 N–H and O–H groups in total. The maximum atomic E-state index is 14.3. The maximum Gasteiger partial charge on any atom is 0.312 e. The van der Waals surface area contributed by atoms with E-state index in [0.717, 1.165) is 32.1 Å². The van der Waals surface area contributed by atoms with Gasteiger partial charge in [-0.15, -0.1) is 13.2 Å². The molecule has 1 spiro atoms. The van der Waals surface area contributed by atoms with Crippen LogP contribution in [0.4, 0.5) is 0 Å². The third kappa shape index (κ3) is 5.75. The molecule has 0 aliphatic carbocycles. The highest BCUT2D eigenvalue weighted by atomic mass is 79.9. The van der Waals surface area contributed by atoms with Crippen molar-refractivity contribution in [2.45, 2.75) is 94.3 Å². The molecule has 38 heavy (non-hydrogen) atoms. The molecule has 0 aromatic rings. The third-order valence-electron chi connectivity index (χ3n) is 8.29. The Morgan fingerprint density at radius 3 is 2.61 bits per heavy atom. The number of fused-ring (bicyclic) bond motifs is 1. The molecule has 3 heterocycles. The van der Waals surface area contributed by atoms with Gasteiger partial charge >= 0.3 is 5.97 Å². The van der Waals surface area contributed by atoms with E-state index in [9.17, 15) is 19.5 Å². The molecule has 3 aliphatic rings. The Morgan fingerprint density at radius 1 is 1.26 bits per heavy atom. The average molecular weight is 598 g/mol. The fourth-order valence-electron chi connectivity index (χ4n) is 6.43. The van der Waals surface area contributed by atoms with Crippen molar-refractivity contribution in [1.82, 2.24) is 9.80 Å². The SMILES string of the molecule is C=CCCCCOC(=O)[C@H]1[C@H]2C(=O)N([C@@H](CO)C(C)C)C(C(=O)N(CC=C)CCCCC)C23CC(Br)[C@@H]1O3. The van der Waals surface area contributed by atoms with Crippen molar-refractivity contribution in [2.24, 2.45) is 17.8 Å². The summed E-state index contributed by atoms with van der Waals surface area (Å²) in [5, 5.41) is 10.4. The Balaban J connectivity index is 1.98. The molecule has 0 aromatic carbocycles. The summed E-state index contributed by atoms with van der Waals surface area (Å²) in [4.78, 5) is 45.0. The van der Waals surface area contributed by atoms with Crippen LogP contribution in [0.2, 0.25) is 0 Å². The van der Waals surface area contributed by atoms with Crippen molar-refractivity contribution in [1.29, 1.82) is 0 Å². The van der Waals surface area contributed by atoms with Crippen LogP contribution in [0.3, 0.4) is 0 Å². The molecule has 0 saturated carbocycles. The van der Waals surface area contributed by atoms with Crippen LogP contribution in [0.15, 0.2) is 25.3 Å². The predicted octanol–water partition coefficient (Wildman–Crippen LogP) is 3.86. The highest BCUT2D eigenvalue weighted by Crippen LogP contribution is 2.61. The van der Waals surface area contributed by atoms with Gasteiger partial charge in [0.25, 0.3) is 0 Å². The molecule has 7 atom stereocenters. The Hall–Kier alpha value is -1.71. The lowest BCUT2D eigenvalue weighted by molar-refractivity contribution is -0.157. The number of hydrogen-bond donors (Lipinski definition) is 1. The first-order valence-electron chi connectivity index (χ1n) is 14.1. The number of nitrogens with zero attached hydrogens (tertiary/aromatic N) is 2. The fourth-order valence-corrected chi connectivity index (χ4v) is 7.37. The average Bonchev–Trinajstić information content (AvgIpc) is 3.47. The number of ether oxygens (including phenoxy) is 2. The number of alkyl halides is 1. The molecule has 214 valence electrons. The number of allylic oxidation sites excluding steroid dienone is 1. The lowest BCUT2D eigenvalue weighted by atomic mass is 9.70. The zero-order valence-electron chi connectivity index (χ0n) is 23.1. The summed E-state index contributed by atoms with van der Waals surface area (Å²) in [5.74, 6) is -2.71. The summed E-state index contributed by atoms with van der Waals surface area (Å²) in [5.41, 5.74) is -1.16. The van der Waals surface area contributed by atoms with Gasteiger partial charge in [0, 0.05) is 17.9 Å². The van der Waals surface area contributed by atoms with Crippen LogP contribution in [0.5, 0.6) is 0 Å². The molecule has 0 radical (unpaired) electrons. The standard InChI is InChI=1S/C29H45BrN2O6/c1-6-9-11-13-16-37-28(36)22-23-26(34)32(21(18-33)19(4)5)25(29(23)17-20(30)24(22)38-29)27(35)31(14-8-3)15-12-10-7-2/h6,8,19-25,33H,1,3,7,9-18H2,2,4-5H3/t20?,21-,22-,23-,24-,25?,29?/m0/s1. The number of carbonyl (C=O) groups excluding carboxylic acids is 3. The maximum absolute atomic E-state index is 14.3. The quantitative estimate of drug-likeness (QED) is 0.126. The Kier molecular flexibility index (Phi) is 11.0. The second kappa shape index (κ2) is 13.6. The highest BCUT2D eigenvalue weighted by Gasteiger charge is 2.77. The van der Waals surface area contributed by atoms with Gasteiger partial charge in [0.15, 0.2) is 0 Å². The minimum atomic E-state index is -1.16. The van der Waals surface area contributed by atoms with Gasteiger partial charge < -0.3 is 24.4 Å². The van der Waals surface area contributed by atoms with Crippen LogP contribution in [-0.4, -0.2) is 87.6 Å². The number of halogens is 1. The van der Waals surface area contributed by atoms with E-state index < -0.39 is 41.6 Å². The zero-order chi connectivity index (χ0) is 28.0. The first kappa shape index (κ1) is 30.8. The molecule has 3 unspecified atom stereocenters. The fraction of sp³-hybridized carbons (Fsp3) is 0.759. The molecule has 3 aliphatic heterocycles. The number of hydrogen-bond acceptors (Lipinski definition) is 6. The van der Waals surface area contributed by atoms with Crippen LogP contribution < -0.4 is 0 Å². The highest BCUT2D eigenvalue weighted by molar-refractivity contribution is 9.09. The second-order valence-corrected chi connectivity index (χ2v) is 12.3. The number of aliphatic hydroxyl groups is 1. The Bertz CT molecular complexity index is 881. The number of likely N-dealkylation sites (tertiary alicyclic amines) is 1. The number of unbranched alkanes of at least 4 members (excludes halogenated alkanes) is 4. The van der Waals surface area contributed by atoms with Crippen LogP contribution in [-0.2, 0) is 23.9 Å². The summed E-state index contributed by atoms with van der Waals surface area (Å²) in [7, 11) is 0. The normalized spacial score (nSPS) is 30.4. The molecule has 9 heteroatoms. The number of amides is 2. The summed E-state index contributed by atoms with van der Waals surface area (Å²) in [6.07, 6.45) is 8.65. The largest absolute Gasteiger partial charge is 0.465 e. The van der Waals surface area contributed by atoms with Crippen LogP contribution >= 0.6 is 15.9 Å². The van der Waals surface area contributed by atoms with E-state index in [1.807, 2.05) is 19.9 Å². The summed E-state index contributed by atoms with van der Waals surface area (Å²) >= 11 is 3.69. The topological polar surface area (TPSA) is 96.4 Å². The Morgan fingerprint density at radius 2 is 2.00 bits per heavy atom. The predicted molar refractivity (Wildman–Crippen MR) is 150 cm³/mol. The smallest absolute Gasteiger partial charge is 0.312 e. The van der Waals surface area contributed by atoms with Gasteiger partial charge in [-0.3, -0.25) is 14.4 Å². The van der Waals surface area contributed by atoms with E-state index in [4.69, 9.17) is 9.47 Å². The molecule has 3 fully saturated rings. The van der Waals surface area contributed by atoms with Gasteiger partial charge in [-0.05, 0) is 38.0 Å². The van der Waals surface area contributed by atoms with Gasteiger partial charge in [-0.1, -0.05) is 61.7 Å². The second-order valence-electron chi connectivity index (χ2n) is 11.1. The zero-order valence-corrected chi connectivity index (χ0v) is 24.7. The van der Waals surface area contributed by atoms with Gasteiger partial charge in [0.1, 0.15) is 11.6 Å². The van der Waals surface area contributed by atoms with Crippen molar-refractivity contribution >= 4 is 33.7 Å². The molecular weight excluding hydrogens is 552 g/mol. The molecule has 3 saturated heterocycles. The van der Waals surface area contributed by atoms with Crippen molar-refractivity contribution in [3.8, 4) is 0 Å². The minimum absolute atomic E-state index is 0.102. The number of carbonyl (C=O) groups is 3. The number of rotatable bonds is 16. The van der Waals surface area contributed by atoms with E-state index in [0.29, 0.717) is 25.9 Å². The first-order chi connectivity index (χ1) is 18.2. The molecule has 2 amide bonds. The monoisotopic (exact) mass is 596 g/mol. The van der Waals surface area contributed by atoms with Crippen LogP contribution in [0.1, 0.15) is 65.7 Å². The van der Waals surface area contributed by atoms with Crippen molar-refractivity contribution in [3.63, 3.8) is 0 Å². The number of aliphatic hydroxyl groups excluding tert-OH is 1. The molecule has 8 nitrogen and oxygen atoms in total. The summed E-state index contributed by atoms with van der Waals surface area (Å²) in [6, 6.07) is -1.51. The minimum Gasteiger partial charge on any atom is -0.465 e. The lowest BCUT2D eigenvalue weighted by Gasteiger charge is -2.40. The van der Waals surface area contributed by atoms with E-state index in [1.54, 1.807) is 15.9 Å². The molecule has 2 bridgehead atoms. The van der Waals surface area contributed by atoms with E-state index in [-0.39, 0.29) is 35.8 Å². The van der Waals surface area contributed by atoms with Gasteiger partial charge in [-0.25, -0.2) is 0 Å². The van der Waals surface area contributed by atoms with Gasteiger partial charge in [0.05, 0.1) is 37.2 Å². The van der Waals surface area contributed by atoms with Crippen LogP contribution in [0.25, 0.3) is 0 Å². The van der Waals surface area contributed by atoms with Crippen molar-refractivity contribution < 1.29 is 29.0 Å². The lowest BCUT2D eigenvalue weighted by Crippen LogP contribution is -2.60. The van der Waals surface area contributed by atoms with E-state index >= 15 is 0 Å². The molecule has 0 aromatic heterocycles. The Labute approximate surface area is 235 Å². The molecule has 3 rings (SSSR count). The first-order valence-corrected chi connectivity index (χ1v) is 15.0. The summed E-state index contributed by atoms with van der Waals surface area (Å²) in [6.45, 7) is 14.4. The summed E-state index contributed by atoms with van der Waals surface area (Å²) < 4.78 is 12.2. The van der Waals surface area contributed by atoms with Crippen molar-refractivity contribution in [3.05, 3.63) is 25.3 Å². The van der Waals surface area contributed by atoms with Crippen LogP contribution in [0, 0.1) is 17.8 Å². The van der Waals surface area contributed by atoms with E-state index in [2.05, 4.69) is 36.0 Å². The third-order valence-corrected chi connectivity index (χ3v) is 9.13.